The summed E-state index contributed by atoms with van der Waals surface area (Å²) in [5.41, 5.74) is 0.420. The van der Waals surface area contributed by atoms with E-state index in [1.165, 1.54) is 30.3 Å². The van der Waals surface area contributed by atoms with Crippen molar-refractivity contribution in [3.05, 3.63) is 54.1 Å². The van der Waals surface area contributed by atoms with E-state index in [4.69, 9.17) is 0 Å². The standard InChI is InChI=1S/C13H9F3N2O2/c14-11-5-4-8(7-17-11)12(19)18-9-2-1-3-10(6-9)20-13(15)16/h1-7,13H,(H,18,19). The average Bonchev–Trinajstić information content (AvgIpc) is 2.39. The Morgan fingerprint density at radius 3 is 2.70 bits per heavy atom. The normalized spacial score (nSPS) is 10.4. The molecule has 0 saturated carbocycles. The number of anilines is 1. The first-order valence-electron chi connectivity index (χ1n) is 5.52. The van der Waals surface area contributed by atoms with Gasteiger partial charge in [0.2, 0.25) is 5.95 Å². The van der Waals surface area contributed by atoms with Crippen LogP contribution in [0.3, 0.4) is 0 Å². The molecule has 0 fully saturated rings. The number of aromatic nitrogens is 1. The predicted octanol–water partition coefficient (Wildman–Crippen LogP) is 3.07. The molecular weight excluding hydrogens is 273 g/mol. The molecule has 1 N–H and O–H groups in total. The summed E-state index contributed by atoms with van der Waals surface area (Å²) >= 11 is 0. The van der Waals surface area contributed by atoms with E-state index in [-0.39, 0.29) is 17.0 Å². The van der Waals surface area contributed by atoms with E-state index in [2.05, 4.69) is 15.0 Å². The molecule has 0 radical (unpaired) electrons. The molecule has 20 heavy (non-hydrogen) atoms. The van der Waals surface area contributed by atoms with Crippen molar-refractivity contribution in [2.45, 2.75) is 6.61 Å². The Kier molecular flexibility index (Phi) is 4.19. The Labute approximate surface area is 112 Å². The van der Waals surface area contributed by atoms with Crippen LogP contribution in [0.4, 0.5) is 18.9 Å². The average molecular weight is 282 g/mol. The van der Waals surface area contributed by atoms with Crippen LogP contribution in [0.15, 0.2) is 42.6 Å². The van der Waals surface area contributed by atoms with Crippen LogP contribution >= 0.6 is 0 Å². The van der Waals surface area contributed by atoms with Gasteiger partial charge in [-0.2, -0.15) is 13.2 Å². The molecule has 1 amide bonds. The summed E-state index contributed by atoms with van der Waals surface area (Å²) in [4.78, 5) is 15.1. The molecule has 0 aliphatic carbocycles. The number of ether oxygens (including phenoxy) is 1. The monoisotopic (exact) mass is 282 g/mol. The molecule has 1 aromatic carbocycles. The van der Waals surface area contributed by atoms with Gasteiger partial charge in [0.15, 0.2) is 0 Å². The second-order valence-corrected chi connectivity index (χ2v) is 3.73. The van der Waals surface area contributed by atoms with Crippen LogP contribution in [-0.2, 0) is 0 Å². The summed E-state index contributed by atoms with van der Waals surface area (Å²) in [7, 11) is 0. The zero-order chi connectivity index (χ0) is 14.5. The van der Waals surface area contributed by atoms with Gasteiger partial charge in [-0.3, -0.25) is 4.79 Å². The van der Waals surface area contributed by atoms with Crippen molar-refractivity contribution in [1.29, 1.82) is 0 Å². The molecule has 1 aromatic heterocycles. The Hall–Kier alpha value is -2.57. The number of carbonyl (C=O) groups excluding carboxylic acids is 1. The van der Waals surface area contributed by atoms with E-state index < -0.39 is 18.5 Å². The number of alkyl halides is 2. The van der Waals surface area contributed by atoms with Crippen LogP contribution < -0.4 is 10.1 Å². The number of amides is 1. The number of hydrogen-bond acceptors (Lipinski definition) is 3. The Morgan fingerprint density at radius 2 is 2.05 bits per heavy atom. The molecule has 0 atom stereocenters. The fourth-order valence-corrected chi connectivity index (χ4v) is 1.46. The SMILES string of the molecule is O=C(Nc1cccc(OC(F)F)c1)c1ccc(F)nc1. The minimum absolute atomic E-state index is 0.0740. The first-order valence-corrected chi connectivity index (χ1v) is 5.52. The zero-order valence-electron chi connectivity index (χ0n) is 10.0. The molecule has 1 heterocycles. The smallest absolute Gasteiger partial charge is 0.387 e. The molecule has 0 saturated heterocycles. The first kappa shape index (κ1) is 13.9. The number of hydrogen-bond donors (Lipinski definition) is 1. The lowest BCUT2D eigenvalue weighted by Gasteiger charge is -2.08. The van der Waals surface area contributed by atoms with E-state index in [0.29, 0.717) is 0 Å². The summed E-state index contributed by atoms with van der Waals surface area (Å²) in [6.07, 6.45) is 1.07. The minimum atomic E-state index is -2.94. The number of benzene rings is 1. The van der Waals surface area contributed by atoms with Gasteiger partial charge in [-0.05, 0) is 24.3 Å². The highest BCUT2D eigenvalue weighted by Gasteiger charge is 2.09. The molecule has 0 bridgehead atoms. The Bertz CT molecular complexity index is 603. The van der Waals surface area contributed by atoms with Crippen molar-refractivity contribution in [1.82, 2.24) is 4.98 Å². The lowest BCUT2D eigenvalue weighted by Crippen LogP contribution is -2.12. The fourth-order valence-electron chi connectivity index (χ4n) is 1.46. The molecule has 0 aliphatic rings. The van der Waals surface area contributed by atoms with Crippen LogP contribution in [0.1, 0.15) is 10.4 Å². The third-order valence-corrected chi connectivity index (χ3v) is 2.31. The number of halogens is 3. The van der Waals surface area contributed by atoms with Gasteiger partial charge < -0.3 is 10.1 Å². The van der Waals surface area contributed by atoms with Gasteiger partial charge >= 0.3 is 6.61 Å². The summed E-state index contributed by atoms with van der Waals surface area (Å²) in [5, 5.41) is 2.47. The lowest BCUT2D eigenvalue weighted by atomic mass is 10.2. The molecule has 2 rings (SSSR count). The summed E-state index contributed by atoms with van der Waals surface area (Å²) < 4.78 is 41.0. The number of nitrogens with zero attached hydrogens (tertiary/aromatic N) is 1. The van der Waals surface area contributed by atoms with E-state index in [1.807, 2.05) is 0 Å². The van der Waals surface area contributed by atoms with Gasteiger partial charge in [0.05, 0.1) is 5.56 Å². The third-order valence-electron chi connectivity index (χ3n) is 2.31. The number of nitrogens with one attached hydrogen (secondary N) is 1. The van der Waals surface area contributed by atoms with Crippen molar-refractivity contribution in [3.8, 4) is 5.75 Å². The van der Waals surface area contributed by atoms with Gasteiger partial charge in [0.1, 0.15) is 5.75 Å². The molecule has 0 aliphatic heterocycles. The van der Waals surface area contributed by atoms with Gasteiger partial charge in [-0.25, -0.2) is 4.98 Å². The van der Waals surface area contributed by atoms with Crippen LogP contribution in [0.25, 0.3) is 0 Å². The molecule has 4 nitrogen and oxygen atoms in total. The zero-order valence-corrected chi connectivity index (χ0v) is 10.0. The fraction of sp³-hybridized carbons (Fsp3) is 0.0769. The molecule has 2 aromatic rings. The number of rotatable bonds is 4. The van der Waals surface area contributed by atoms with Crippen LogP contribution in [0.5, 0.6) is 5.75 Å². The molecule has 7 heteroatoms. The Morgan fingerprint density at radius 1 is 1.25 bits per heavy atom. The summed E-state index contributed by atoms with van der Waals surface area (Å²) in [6.45, 7) is -2.94. The van der Waals surface area contributed by atoms with Crippen LogP contribution in [-0.4, -0.2) is 17.5 Å². The molecule has 0 spiro atoms. The summed E-state index contributed by atoms with van der Waals surface area (Å²) in [5.74, 6) is -1.31. The van der Waals surface area contributed by atoms with Crippen molar-refractivity contribution in [2.75, 3.05) is 5.32 Å². The van der Waals surface area contributed by atoms with E-state index >= 15 is 0 Å². The largest absolute Gasteiger partial charge is 0.435 e. The van der Waals surface area contributed by atoms with E-state index in [1.54, 1.807) is 0 Å². The first-order chi connectivity index (χ1) is 9.54. The van der Waals surface area contributed by atoms with Crippen LogP contribution in [0.2, 0.25) is 0 Å². The number of carbonyl (C=O) groups is 1. The van der Waals surface area contributed by atoms with Crippen molar-refractivity contribution < 1.29 is 22.7 Å². The van der Waals surface area contributed by atoms with E-state index in [0.717, 1.165) is 12.3 Å². The summed E-state index contributed by atoms with van der Waals surface area (Å²) in [6, 6.07) is 7.86. The van der Waals surface area contributed by atoms with Crippen molar-refractivity contribution in [3.63, 3.8) is 0 Å². The quantitative estimate of drug-likeness (QED) is 0.877. The van der Waals surface area contributed by atoms with Gasteiger partial charge in [-0.15, -0.1) is 0 Å². The molecule has 0 unspecified atom stereocenters. The maximum atomic E-state index is 12.6. The van der Waals surface area contributed by atoms with E-state index in [9.17, 15) is 18.0 Å². The third kappa shape index (κ3) is 3.71. The van der Waals surface area contributed by atoms with Crippen molar-refractivity contribution in [2.24, 2.45) is 0 Å². The van der Waals surface area contributed by atoms with Gasteiger partial charge in [0.25, 0.3) is 5.91 Å². The molecule has 104 valence electrons. The maximum absolute atomic E-state index is 12.6. The van der Waals surface area contributed by atoms with Crippen LogP contribution in [0, 0.1) is 5.95 Å². The lowest BCUT2D eigenvalue weighted by molar-refractivity contribution is -0.0497. The maximum Gasteiger partial charge on any atom is 0.387 e. The highest BCUT2D eigenvalue weighted by Crippen LogP contribution is 2.19. The minimum Gasteiger partial charge on any atom is -0.435 e. The molecular formula is C13H9F3N2O2. The highest BCUT2D eigenvalue weighted by molar-refractivity contribution is 6.04. The second kappa shape index (κ2) is 6.05. The second-order valence-electron chi connectivity index (χ2n) is 3.73. The van der Waals surface area contributed by atoms with Crippen molar-refractivity contribution >= 4 is 11.6 Å². The van der Waals surface area contributed by atoms with Gasteiger partial charge in [-0.1, -0.05) is 6.07 Å². The highest BCUT2D eigenvalue weighted by atomic mass is 19.3. The number of pyridine rings is 1. The van der Waals surface area contributed by atoms with Gasteiger partial charge in [0, 0.05) is 18.0 Å². The Balaban J connectivity index is 2.09. The topological polar surface area (TPSA) is 51.2 Å². The predicted molar refractivity (Wildman–Crippen MR) is 65.2 cm³/mol.